The molecule has 1 atom stereocenters. The molecule has 2 rings (SSSR count). The summed E-state index contributed by atoms with van der Waals surface area (Å²) in [4.78, 5) is 16.3. The molecule has 0 aliphatic carbocycles. The molecule has 1 amide bonds. The molecule has 3 N–H and O–H groups in total. The molecule has 1 aromatic carbocycles. The zero-order valence-corrected chi connectivity index (χ0v) is 12.6. The zero-order valence-electron chi connectivity index (χ0n) is 12.6. The van der Waals surface area contributed by atoms with Crippen molar-refractivity contribution in [2.45, 2.75) is 32.7 Å². The van der Waals surface area contributed by atoms with E-state index in [1.807, 2.05) is 24.5 Å². The van der Waals surface area contributed by atoms with Gasteiger partial charge in [0.2, 0.25) is 5.91 Å². The van der Waals surface area contributed by atoms with E-state index in [1.54, 1.807) is 0 Å². The van der Waals surface area contributed by atoms with Crippen molar-refractivity contribution in [2.24, 2.45) is 11.7 Å². The van der Waals surface area contributed by atoms with Crippen LogP contribution in [0.5, 0.6) is 0 Å². The SMILES string of the molecule is CCCC(CN)C(=O)NCCCn1cnc2ccccc21. The number of fused-ring (bicyclic) bond motifs is 1. The number of hydrogen-bond donors (Lipinski definition) is 2. The summed E-state index contributed by atoms with van der Waals surface area (Å²) in [6.07, 6.45) is 4.58. The lowest BCUT2D eigenvalue weighted by Gasteiger charge is -2.14. The lowest BCUT2D eigenvalue weighted by molar-refractivity contribution is -0.124. The molecule has 1 aromatic heterocycles. The first-order valence-electron chi connectivity index (χ1n) is 7.64. The van der Waals surface area contributed by atoms with Crippen LogP contribution in [0.2, 0.25) is 0 Å². The Labute approximate surface area is 125 Å². The lowest BCUT2D eigenvalue weighted by atomic mass is 10.0. The van der Waals surface area contributed by atoms with Crippen molar-refractivity contribution in [1.82, 2.24) is 14.9 Å². The highest BCUT2D eigenvalue weighted by Gasteiger charge is 2.14. The van der Waals surface area contributed by atoms with Crippen molar-refractivity contribution in [3.05, 3.63) is 30.6 Å². The van der Waals surface area contributed by atoms with Crippen LogP contribution in [0.1, 0.15) is 26.2 Å². The summed E-state index contributed by atoms with van der Waals surface area (Å²) >= 11 is 0. The molecule has 114 valence electrons. The van der Waals surface area contributed by atoms with Gasteiger partial charge in [0.05, 0.1) is 23.3 Å². The van der Waals surface area contributed by atoms with E-state index in [0.29, 0.717) is 13.1 Å². The van der Waals surface area contributed by atoms with Crippen LogP contribution >= 0.6 is 0 Å². The van der Waals surface area contributed by atoms with Crippen molar-refractivity contribution in [1.29, 1.82) is 0 Å². The van der Waals surface area contributed by atoms with Gasteiger partial charge in [0.1, 0.15) is 0 Å². The van der Waals surface area contributed by atoms with Gasteiger partial charge in [-0.2, -0.15) is 0 Å². The van der Waals surface area contributed by atoms with Crippen molar-refractivity contribution < 1.29 is 4.79 Å². The van der Waals surface area contributed by atoms with Crippen LogP contribution in [0.4, 0.5) is 0 Å². The molecule has 0 radical (unpaired) electrons. The average molecular weight is 288 g/mol. The summed E-state index contributed by atoms with van der Waals surface area (Å²) in [6, 6.07) is 8.07. The Morgan fingerprint density at radius 1 is 1.43 bits per heavy atom. The fourth-order valence-electron chi connectivity index (χ4n) is 2.50. The summed E-state index contributed by atoms with van der Waals surface area (Å²) in [7, 11) is 0. The zero-order chi connectivity index (χ0) is 15.1. The monoisotopic (exact) mass is 288 g/mol. The van der Waals surface area contributed by atoms with E-state index in [-0.39, 0.29) is 11.8 Å². The van der Waals surface area contributed by atoms with Gasteiger partial charge < -0.3 is 15.6 Å². The fourth-order valence-corrected chi connectivity index (χ4v) is 2.50. The second-order valence-corrected chi connectivity index (χ2v) is 5.29. The number of hydrogen-bond acceptors (Lipinski definition) is 3. The van der Waals surface area contributed by atoms with E-state index in [9.17, 15) is 4.79 Å². The third-order valence-corrected chi connectivity index (χ3v) is 3.69. The molecule has 0 aliphatic rings. The van der Waals surface area contributed by atoms with E-state index >= 15 is 0 Å². The van der Waals surface area contributed by atoms with Crippen LogP contribution in [-0.2, 0) is 11.3 Å². The summed E-state index contributed by atoms with van der Waals surface area (Å²) in [5.41, 5.74) is 7.77. The first-order valence-corrected chi connectivity index (χ1v) is 7.64. The van der Waals surface area contributed by atoms with Crippen molar-refractivity contribution in [2.75, 3.05) is 13.1 Å². The van der Waals surface area contributed by atoms with Gasteiger partial charge in [-0.25, -0.2) is 4.98 Å². The maximum atomic E-state index is 11.9. The van der Waals surface area contributed by atoms with Crippen LogP contribution in [-0.4, -0.2) is 28.5 Å². The van der Waals surface area contributed by atoms with Gasteiger partial charge in [-0.3, -0.25) is 4.79 Å². The van der Waals surface area contributed by atoms with E-state index in [2.05, 4.69) is 27.9 Å². The number of para-hydroxylation sites is 2. The molecule has 5 nitrogen and oxygen atoms in total. The number of nitrogens with zero attached hydrogens (tertiary/aromatic N) is 2. The molecule has 0 bridgehead atoms. The smallest absolute Gasteiger partial charge is 0.224 e. The van der Waals surface area contributed by atoms with Gasteiger partial charge in [-0.15, -0.1) is 0 Å². The number of imidazole rings is 1. The number of nitrogens with one attached hydrogen (secondary N) is 1. The Kier molecular flexibility index (Phi) is 5.75. The number of rotatable bonds is 8. The predicted octanol–water partition coefficient (Wildman–Crippen LogP) is 1.92. The third-order valence-electron chi connectivity index (χ3n) is 3.69. The lowest BCUT2D eigenvalue weighted by Crippen LogP contribution is -2.35. The Balaban J connectivity index is 1.78. The van der Waals surface area contributed by atoms with Gasteiger partial charge in [0.15, 0.2) is 0 Å². The summed E-state index contributed by atoms with van der Waals surface area (Å²) in [6.45, 7) is 4.01. The van der Waals surface area contributed by atoms with Gasteiger partial charge >= 0.3 is 0 Å². The largest absolute Gasteiger partial charge is 0.356 e. The molecule has 2 aromatic rings. The standard InChI is InChI=1S/C16H24N4O/c1-2-6-13(11-17)16(21)18-9-5-10-20-12-19-14-7-3-4-8-15(14)20/h3-4,7-8,12-13H,2,5-6,9-11,17H2,1H3,(H,18,21). The van der Waals surface area contributed by atoms with Crippen LogP contribution in [0.15, 0.2) is 30.6 Å². The number of carbonyl (C=O) groups is 1. The molecule has 0 saturated carbocycles. The minimum absolute atomic E-state index is 0.0518. The van der Waals surface area contributed by atoms with E-state index in [4.69, 9.17) is 5.73 Å². The number of amides is 1. The van der Waals surface area contributed by atoms with Gasteiger partial charge in [0, 0.05) is 19.6 Å². The first-order chi connectivity index (χ1) is 10.3. The molecule has 0 fully saturated rings. The number of carbonyl (C=O) groups excluding carboxylic acids is 1. The highest BCUT2D eigenvalue weighted by atomic mass is 16.1. The molecular weight excluding hydrogens is 264 g/mol. The molecule has 5 heteroatoms. The van der Waals surface area contributed by atoms with Crippen LogP contribution in [0, 0.1) is 5.92 Å². The topological polar surface area (TPSA) is 72.9 Å². The highest BCUT2D eigenvalue weighted by molar-refractivity contribution is 5.78. The van der Waals surface area contributed by atoms with E-state index in [1.165, 1.54) is 0 Å². The first kappa shape index (κ1) is 15.5. The Morgan fingerprint density at radius 2 is 2.24 bits per heavy atom. The third kappa shape index (κ3) is 4.04. The van der Waals surface area contributed by atoms with Gasteiger partial charge in [0.25, 0.3) is 0 Å². The minimum Gasteiger partial charge on any atom is -0.356 e. The number of benzene rings is 1. The van der Waals surface area contributed by atoms with Crippen LogP contribution in [0.25, 0.3) is 11.0 Å². The summed E-state index contributed by atoms with van der Waals surface area (Å²) < 4.78 is 2.12. The minimum atomic E-state index is -0.0518. The molecule has 21 heavy (non-hydrogen) atoms. The Morgan fingerprint density at radius 3 is 3.00 bits per heavy atom. The molecule has 1 unspecified atom stereocenters. The maximum Gasteiger partial charge on any atom is 0.224 e. The Bertz CT molecular complexity index is 578. The van der Waals surface area contributed by atoms with Crippen molar-refractivity contribution >= 4 is 16.9 Å². The number of aromatic nitrogens is 2. The molecular formula is C16H24N4O. The fraction of sp³-hybridized carbons (Fsp3) is 0.500. The second kappa shape index (κ2) is 7.78. The molecule has 0 saturated heterocycles. The highest BCUT2D eigenvalue weighted by Crippen LogP contribution is 2.12. The average Bonchev–Trinajstić information content (AvgIpc) is 2.92. The van der Waals surface area contributed by atoms with Crippen molar-refractivity contribution in [3.63, 3.8) is 0 Å². The summed E-state index contributed by atoms with van der Waals surface area (Å²) in [5, 5.41) is 2.98. The molecule has 0 aliphatic heterocycles. The summed E-state index contributed by atoms with van der Waals surface area (Å²) in [5.74, 6) is 0.0268. The van der Waals surface area contributed by atoms with Gasteiger partial charge in [-0.1, -0.05) is 25.5 Å². The maximum absolute atomic E-state index is 11.9. The number of aryl methyl sites for hydroxylation is 1. The molecule has 1 heterocycles. The van der Waals surface area contributed by atoms with Crippen LogP contribution in [0.3, 0.4) is 0 Å². The Hall–Kier alpha value is -1.88. The quantitative estimate of drug-likeness (QED) is 0.729. The van der Waals surface area contributed by atoms with E-state index in [0.717, 1.165) is 36.8 Å². The van der Waals surface area contributed by atoms with Crippen molar-refractivity contribution in [3.8, 4) is 0 Å². The predicted molar refractivity (Wildman–Crippen MR) is 84.8 cm³/mol. The van der Waals surface area contributed by atoms with E-state index < -0.39 is 0 Å². The van der Waals surface area contributed by atoms with Gasteiger partial charge in [-0.05, 0) is 25.0 Å². The second-order valence-electron chi connectivity index (χ2n) is 5.29. The number of nitrogens with two attached hydrogens (primary N) is 1. The molecule has 0 spiro atoms. The normalized spacial score (nSPS) is 12.5. The van der Waals surface area contributed by atoms with Crippen LogP contribution < -0.4 is 11.1 Å².